The number of carbonyl (C=O) groups is 2. The molecule has 0 bridgehead atoms. The number of hydrogen-bond donors (Lipinski definition) is 0. The first-order chi connectivity index (χ1) is 7.63. The van der Waals surface area contributed by atoms with Gasteiger partial charge in [0, 0.05) is 18.2 Å². The van der Waals surface area contributed by atoms with Crippen LogP contribution >= 0.6 is 11.6 Å². The van der Waals surface area contributed by atoms with E-state index in [2.05, 4.69) is 4.98 Å². The van der Waals surface area contributed by atoms with E-state index < -0.39 is 0 Å². The number of nitrogens with zero attached hydrogens (tertiary/aromatic N) is 1. The van der Waals surface area contributed by atoms with Gasteiger partial charge in [-0.3, -0.25) is 9.59 Å². The van der Waals surface area contributed by atoms with Crippen LogP contribution in [-0.2, 0) is 9.53 Å². The summed E-state index contributed by atoms with van der Waals surface area (Å²) in [5, 5.41) is 0.335. The molecular formula is C11H12ClNO3. The standard InChI is InChI=1S/C11H12ClNO3/c1-2-16-11(15)6-4-9(14)8-3-5-10(12)13-7-8/h3,5,7H,2,4,6H2,1H3. The Hall–Kier alpha value is -1.42. The first kappa shape index (κ1) is 12.6. The summed E-state index contributed by atoms with van der Waals surface area (Å²) in [6.45, 7) is 2.05. The summed E-state index contributed by atoms with van der Waals surface area (Å²) in [6, 6.07) is 3.13. The van der Waals surface area contributed by atoms with Crippen LogP contribution in [0, 0.1) is 0 Å². The van der Waals surface area contributed by atoms with Crippen molar-refractivity contribution >= 4 is 23.4 Å². The van der Waals surface area contributed by atoms with Crippen LogP contribution in [0.2, 0.25) is 5.15 Å². The summed E-state index contributed by atoms with van der Waals surface area (Å²) >= 11 is 5.59. The van der Waals surface area contributed by atoms with Gasteiger partial charge >= 0.3 is 5.97 Å². The van der Waals surface area contributed by atoms with Crippen LogP contribution < -0.4 is 0 Å². The number of ether oxygens (including phenoxy) is 1. The van der Waals surface area contributed by atoms with Gasteiger partial charge < -0.3 is 4.74 Å². The third-order valence-corrected chi connectivity index (χ3v) is 2.13. The molecule has 0 amide bonds. The second kappa shape index (κ2) is 6.23. The average molecular weight is 242 g/mol. The SMILES string of the molecule is CCOC(=O)CCC(=O)c1ccc(Cl)nc1. The summed E-state index contributed by atoms with van der Waals surface area (Å²) in [5.41, 5.74) is 0.452. The zero-order chi connectivity index (χ0) is 12.0. The molecule has 1 aromatic rings. The molecule has 0 saturated carbocycles. The van der Waals surface area contributed by atoms with Gasteiger partial charge in [-0.2, -0.15) is 0 Å². The lowest BCUT2D eigenvalue weighted by Crippen LogP contribution is -2.08. The summed E-state index contributed by atoms with van der Waals surface area (Å²) in [6.07, 6.45) is 1.62. The maximum Gasteiger partial charge on any atom is 0.306 e. The summed E-state index contributed by atoms with van der Waals surface area (Å²) in [4.78, 5) is 26.4. The number of aromatic nitrogens is 1. The lowest BCUT2D eigenvalue weighted by atomic mass is 10.1. The molecule has 0 aromatic carbocycles. The molecule has 0 fully saturated rings. The molecule has 86 valence electrons. The number of carbonyl (C=O) groups excluding carboxylic acids is 2. The molecule has 0 aliphatic heterocycles. The molecule has 1 aromatic heterocycles. The van der Waals surface area contributed by atoms with E-state index in [-0.39, 0.29) is 24.6 Å². The monoisotopic (exact) mass is 241 g/mol. The maximum atomic E-state index is 11.6. The second-order valence-corrected chi connectivity index (χ2v) is 3.49. The Morgan fingerprint density at radius 1 is 1.38 bits per heavy atom. The van der Waals surface area contributed by atoms with Gasteiger partial charge in [0.1, 0.15) is 5.15 Å². The summed E-state index contributed by atoms with van der Waals surface area (Å²) in [5.74, 6) is -0.505. The molecule has 5 heteroatoms. The Kier molecular flexibility index (Phi) is 4.92. The van der Waals surface area contributed by atoms with E-state index in [0.717, 1.165) is 0 Å². The molecule has 4 nitrogen and oxygen atoms in total. The highest BCUT2D eigenvalue weighted by atomic mass is 35.5. The minimum atomic E-state index is -0.363. The fourth-order valence-corrected chi connectivity index (χ4v) is 1.25. The van der Waals surface area contributed by atoms with Crippen molar-refractivity contribution in [3.63, 3.8) is 0 Å². The van der Waals surface area contributed by atoms with Crippen LogP contribution in [0.15, 0.2) is 18.3 Å². The molecule has 0 spiro atoms. The van der Waals surface area contributed by atoms with Crippen LogP contribution in [0.5, 0.6) is 0 Å². The Labute approximate surface area is 98.6 Å². The van der Waals surface area contributed by atoms with Gasteiger partial charge in [-0.05, 0) is 19.1 Å². The largest absolute Gasteiger partial charge is 0.466 e. The van der Waals surface area contributed by atoms with Crippen molar-refractivity contribution in [3.05, 3.63) is 29.0 Å². The van der Waals surface area contributed by atoms with Gasteiger partial charge in [0.15, 0.2) is 5.78 Å². The number of ketones is 1. The highest BCUT2D eigenvalue weighted by Crippen LogP contribution is 2.08. The van der Waals surface area contributed by atoms with Gasteiger partial charge in [0.2, 0.25) is 0 Å². The summed E-state index contributed by atoms with van der Waals surface area (Å²) in [7, 11) is 0. The molecule has 0 N–H and O–H groups in total. The van der Waals surface area contributed by atoms with E-state index in [0.29, 0.717) is 17.3 Å². The van der Waals surface area contributed by atoms with Crippen LogP contribution in [-0.4, -0.2) is 23.3 Å². The fourth-order valence-electron chi connectivity index (χ4n) is 1.13. The topological polar surface area (TPSA) is 56.3 Å². The summed E-state index contributed by atoms with van der Waals surface area (Å²) < 4.78 is 4.72. The lowest BCUT2D eigenvalue weighted by molar-refractivity contribution is -0.143. The zero-order valence-electron chi connectivity index (χ0n) is 8.90. The van der Waals surface area contributed by atoms with E-state index in [1.54, 1.807) is 19.1 Å². The van der Waals surface area contributed by atoms with Gasteiger partial charge in [0.25, 0.3) is 0 Å². The van der Waals surface area contributed by atoms with E-state index >= 15 is 0 Å². The third kappa shape index (κ3) is 3.98. The van der Waals surface area contributed by atoms with E-state index in [4.69, 9.17) is 16.3 Å². The Bertz CT molecular complexity index is 375. The molecule has 0 unspecified atom stereocenters. The number of hydrogen-bond acceptors (Lipinski definition) is 4. The first-order valence-corrected chi connectivity index (χ1v) is 5.31. The smallest absolute Gasteiger partial charge is 0.306 e. The highest BCUT2D eigenvalue weighted by molar-refractivity contribution is 6.29. The van der Waals surface area contributed by atoms with Crippen LogP contribution in [0.1, 0.15) is 30.1 Å². The number of rotatable bonds is 5. The normalized spacial score (nSPS) is 9.88. The van der Waals surface area contributed by atoms with Crippen molar-refractivity contribution in [1.29, 1.82) is 0 Å². The molecule has 0 saturated heterocycles. The van der Waals surface area contributed by atoms with E-state index in [9.17, 15) is 9.59 Å². The van der Waals surface area contributed by atoms with Crippen molar-refractivity contribution in [1.82, 2.24) is 4.98 Å². The predicted molar refractivity (Wildman–Crippen MR) is 59.4 cm³/mol. The van der Waals surface area contributed by atoms with Crippen molar-refractivity contribution in [2.24, 2.45) is 0 Å². The third-order valence-electron chi connectivity index (χ3n) is 1.91. The predicted octanol–water partition coefficient (Wildman–Crippen LogP) is 2.26. The second-order valence-electron chi connectivity index (χ2n) is 3.10. The molecule has 1 rings (SSSR count). The van der Waals surface area contributed by atoms with Crippen molar-refractivity contribution in [2.75, 3.05) is 6.61 Å². The van der Waals surface area contributed by atoms with Gasteiger partial charge in [0.05, 0.1) is 13.0 Å². The number of pyridine rings is 1. The molecule has 0 aliphatic carbocycles. The number of Topliss-reactive ketones (excluding diaryl/α,β-unsaturated/α-hetero) is 1. The molecule has 1 heterocycles. The lowest BCUT2D eigenvalue weighted by Gasteiger charge is -2.01. The number of halogens is 1. The minimum absolute atomic E-state index is 0.0926. The van der Waals surface area contributed by atoms with Gasteiger partial charge in [-0.25, -0.2) is 4.98 Å². The minimum Gasteiger partial charge on any atom is -0.466 e. The molecule has 0 atom stereocenters. The van der Waals surface area contributed by atoms with Crippen molar-refractivity contribution in [3.8, 4) is 0 Å². The quantitative estimate of drug-likeness (QED) is 0.451. The van der Waals surface area contributed by atoms with E-state index in [1.807, 2.05) is 0 Å². The van der Waals surface area contributed by atoms with Crippen molar-refractivity contribution < 1.29 is 14.3 Å². The van der Waals surface area contributed by atoms with E-state index in [1.165, 1.54) is 6.20 Å². The van der Waals surface area contributed by atoms with Crippen LogP contribution in [0.3, 0.4) is 0 Å². The average Bonchev–Trinajstić information content (AvgIpc) is 2.27. The molecule has 0 radical (unpaired) electrons. The molecule has 16 heavy (non-hydrogen) atoms. The Morgan fingerprint density at radius 2 is 2.12 bits per heavy atom. The maximum absolute atomic E-state index is 11.6. The molecule has 0 aliphatic rings. The Morgan fingerprint density at radius 3 is 2.69 bits per heavy atom. The fraction of sp³-hybridized carbons (Fsp3) is 0.364. The zero-order valence-corrected chi connectivity index (χ0v) is 9.66. The molecular weight excluding hydrogens is 230 g/mol. The van der Waals surface area contributed by atoms with Gasteiger partial charge in [-0.1, -0.05) is 11.6 Å². The van der Waals surface area contributed by atoms with Crippen LogP contribution in [0.25, 0.3) is 0 Å². The highest BCUT2D eigenvalue weighted by Gasteiger charge is 2.09. The first-order valence-electron chi connectivity index (χ1n) is 4.94. The van der Waals surface area contributed by atoms with Crippen molar-refractivity contribution in [2.45, 2.75) is 19.8 Å². The number of esters is 1. The Balaban J connectivity index is 2.47. The van der Waals surface area contributed by atoms with Crippen LogP contribution in [0.4, 0.5) is 0 Å². The van der Waals surface area contributed by atoms with Gasteiger partial charge in [-0.15, -0.1) is 0 Å².